The number of benzene rings is 2. The summed E-state index contributed by atoms with van der Waals surface area (Å²) in [5, 5.41) is 10.9. The second-order valence-corrected chi connectivity index (χ2v) is 7.39. The van der Waals surface area contributed by atoms with Gasteiger partial charge in [-0.1, -0.05) is 11.6 Å². The van der Waals surface area contributed by atoms with E-state index in [2.05, 4.69) is 0 Å². The van der Waals surface area contributed by atoms with Crippen LogP contribution in [0.3, 0.4) is 0 Å². The summed E-state index contributed by atoms with van der Waals surface area (Å²) in [6.45, 7) is 0.532. The number of carbonyl (C=O) groups excluding carboxylic acids is 1. The van der Waals surface area contributed by atoms with Gasteiger partial charge in [0.2, 0.25) is 0 Å². The van der Waals surface area contributed by atoms with Crippen molar-refractivity contribution in [2.45, 2.75) is 5.37 Å². The molecule has 3 rings (SSSR count). The maximum absolute atomic E-state index is 13.0. The Morgan fingerprint density at radius 1 is 1.22 bits per heavy atom. The van der Waals surface area contributed by atoms with E-state index in [0.29, 0.717) is 18.0 Å². The fourth-order valence-electron chi connectivity index (χ4n) is 2.88. The molecule has 0 saturated carbocycles. The van der Waals surface area contributed by atoms with Crippen LogP contribution in [0.25, 0.3) is 0 Å². The molecule has 0 N–H and O–H groups in total. The van der Waals surface area contributed by atoms with E-state index in [4.69, 9.17) is 21.1 Å². The van der Waals surface area contributed by atoms with Crippen molar-refractivity contribution < 1.29 is 19.2 Å². The highest BCUT2D eigenvalue weighted by molar-refractivity contribution is 7.99. The topological polar surface area (TPSA) is 81.9 Å². The highest BCUT2D eigenvalue weighted by Crippen LogP contribution is 2.41. The first kappa shape index (κ1) is 19.3. The quantitative estimate of drug-likeness (QED) is 0.546. The molecule has 27 heavy (non-hydrogen) atoms. The number of rotatable bonds is 5. The normalized spacial score (nSPS) is 16.3. The number of nitrogens with zero attached hydrogens (tertiary/aromatic N) is 2. The highest BCUT2D eigenvalue weighted by atomic mass is 35.5. The number of halogens is 1. The molecule has 1 amide bonds. The Morgan fingerprint density at radius 2 is 1.89 bits per heavy atom. The molecule has 0 radical (unpaired) electrons. The summed E-state index contributed by atoms with van der Waals surface area (Å²) >= 11 is 7.46. The van der Waals surface area contributed by atoms with E-state index in [-0.39, 0.29) is 27.6 Å². The molecule has 2 aromatic carbocycles. The van der Waals surface area contributed by atoms with E-state index >= 15 is 0 Å². The number of methoxy groups -OCH3 is 2. The largest absolute Gasteiger partial charge is 0.497 e. The van der Waals surface area contributed by atoms with E-state index in [1.807, 2.05) is 12.1 Å². The van der Waals surface area contributed by atoms with Gasteiger partial charge in [0.25, 0.3) is 11.6 Å². The van der Waals surface area contributed by atoms with Crippen LogP contribution in [0.15, 0.2) is 36.4 Å². The lowest BCUT2D eigenvalue weighted by atomic mass is 10.1. The number of nitro groups is 1. The van der Waals surface area contributed by atoms with Gasteiger partial charge in [0.05, 0.1) is 19.1 Å². The number of nitro benzene ring substituents is 1. The monoisotopic (exact) mass is 408 g/mol. The lowest BCUT2D eigenvalue weighted by Gasteiger charge is -2.25. The van der Waals surface area contributed by atoms with E-state index in [9.17, 15) is 14.9 Å². The third kappa shape index (κ3) is 3.96. The zero-order valence-electron chi connectivity index (χ0n) is 14.7. The molecule has 1 heterocycles. The molecule has 1 fully saturated rings. The molecule has 2 aromatic rings. The Kier molecular flexibility index (Phi) is 5.76. The summed E-state index contributed by atoms with van der Waals surface area (Å²) in [7, 11) is 3.13. The SMILES string of the molecule is COc1cc(OC)cc(C2SCCN2C(=O)c2ccc(Cl)c([N+](=O)[O-])c2)c1. The Labute approximate surface area is 165 Å². The molecule has 0 aliphatic carbocycles. The zero-order chi connectivity index (χ0) is 19.6. The van der Waals surface area contributed by atoms with E-state index in [0.717, 1.165) is 11.3 Å². The summed E-state index contributed by atoms with van der Waals surface area (Å²) in [5.74, 6) is 1.73. The summed E-state index contributed by atoms with van der Waals surface area (Å²) in [6, 6.07) is 9.57. The van der Waals surface area contributed by atoms with Gasteiger partial charge in [-0.05, 0) is 29.8 Å². The second-order valence-electron chi connectivity index (χ2n) is 5.79. The molecule has 0 spiro atoms. The van der Waals surface area contributed by atoms with Crippen molar-refractivity contribution in [2.75, 3.05) is 26.5 Å². The Balaban J connectivity index is 1.94. The Hall–Kier alpha value is -2.45. The van der Waals surface area contributed by atoms with Gasteiger partial charge in [-0.3, -0.25) is 14.9 Å². The van der Waals surface area contributed by atoms with Gasteiger partial charge in [0.1, 0.15) is 21.9 Å². The van der Waals surface area contributed by atoms with Crippen LogP contribution in [-0.4, -0.2) is 42.2 Å². The van der Waals surface area contributed by atoms with Gasteiger partial charge in [0, 0.05) is 30.0 Å². The molecular formula is C18H17ClN2O5S. The lowest BCUT2D eigenvalue weighted by Crippen LogP contribution is -2.30. The van der Waals surface area contributed by atoms with Crippen LogP contribution in [0.2, 0.25) is 5.02 Å². The van der Waals surface area contributed by atoms with Crippen LogP contribution in [0.4, 0.5) is 5.69 Å². The molecule has 7 nitrogen and oxygen atoms in total. The van der Waals surface area contributed by atoms with Crippen molar-refractivity contribution in [3.8, 4) is 11.5 Å². The summed E-state index contributed by atoms with van der Waals surface area (Å²) < 4.78 is 10.6. The van der Waals surface area contributed by atoms with Gasteiger partial charge in [-0.25, -0.2) is 0 Å². The first-order valence-corrected chi connectivity index (χ1v) is 9.46. The van der Waals surface area contributed by atoms with Crippen molar-refractivity contribution in [2.24, 2.45) is 0 Å². The van der Waals surface area contributed by atoms with E-state index in [1.165, 1.54) is 18.2 Å². The molecule has 0 aromatic heterocycles. The van der Waals surface area contributed by atoms with Crippen molar-refractivity contribution in [3.05, 3.63) is 62.7 Å². The van der Waals surface area contributed by atoms with Crippen LogP contribution in [0, 0.1) is 10.1 Å². The number of amides is 1. The molecule has 1 unspecified atom stereocenters. The average molecular weight is 409 g/mol. The number of hydrogen-bond donors (Lipinski definition) is 0. The highest BCUT2D eigenvalue weighted by Gasteiger charge is 2.32. The van der Waals surface area contributed by atoms with E-state index < -0.39 is 4.92 Å². The minimum atomic E-state index is -0.595. The van der Waals surface area contributed by atoms with E-state index in [1.54, 1.807) is 36.9 Å². The van der Waals surface area contributed by atoms with Gasteiger partial charge < -0.3 is 14.4 Å². The molecule has 1 aliphatic heterocycles. The van der Waals surface area contributed by atoms with Gasteiger partial charge >= 0.3 is 0 Å². The van der Waals surface area contributed by atoms with Crippen LogP contribution >= 0.6 is 23.4 Å². The van der Waals surface area contributed by atoms with Crippen LogP contribution in [-0.2, 0) is 0 Å². The van der Waals surface area contributed by atoms with Gasteiger partial charge in [-0.2, -0.15) is 0 Å². The minimum absolute atomic E-state index is 0.00132. The predicted molar refractivity (Wildman–Crippen MR) is 104 cm³/mol. The fourth-order valence-corrected chi connectivity index (χ4v) is 4.30. The first-order valence-electron chi connectivity index (χ1n) is 8.04. The van der Waals surface area contributed by atoms with Crippen LogP contribution in [0.1, 0.15) is 21.3 Å². The summed E-state index contributed by atoms with van der Waals surface area (Å²) in [5.41, 5.74) is 0.813. The molecule has 1 aliphatic rings. The Bertz CT molecular complexity index is 870. The van der Waals surface area contributed by atoms with Crippen molar-refractivity contribution in [3.63, 3.8) is 0 Å². The molecular weight excluding hydrogens is 392 g/mol. The van der Waals surface area contributed by atoms with Crippen LogP contribution in [0.5, 0.6) is 11.5 Å². The molecule has 0 bridgehead atoms. The number of carbonyl (C=O) groups is 1. The molecule has 9 heteroatoms. The standard InChI is InChI=1S/C18H17ClN2O5S/c1-25-13-7-12(8-14(10-13)26-2)18-20(5-6-27-18)17(22)11-3-4-15(19)16(9-11)21(23)24/h3-4,7-10,18H,5-6H2,1-2H3. The third-order valence-electron chi connectivity index (χ3n) is 4.20. The summed E-state index contributed by atoms with van der Waals surface area (Å²) in [6.07, 6.45) is 0. The number of hydrogen-bond acceptors (Lipinski definition) is 6. The third-order valence-corrected chi connectivity index (χ3v) is 5.78. The molecule has 142 valence electrons. The van der Waals surface area contributed by atoms with Crippen molar-refractivity contribution >= 4 is 35.0 Å². The Morgan fingerprint density at radius 3 is 2.48 bits per heavy atom. The minimum Gasteiger partial charge on any atom is -0.497 e. The maximum Gasteiger partial charge on any atom is 0.288 e. The predicted octanol–water partition coefficient (Wildman–Crippen LogP) is 4.15. The number of ether oxygens (including phenoxy) is 2. The average Bonchev–Trinajstić information content (AvgIpc) is 3.17. The van der Waals surface area contributed by atoms with Crippen molar-refractivity contribution in [1.82, 2.24) is 4.90 Å². The second kappa shape index (κ2) is 8.06. The molecule has 1 saturated heterocycles. The van der Waals surface area contributed by atoms with Gasteiger partial charge in [-0.15, -0.1) is 11.8 Å². The summed E-state index contributed by atoms with van der Waals surface area (Å²) in [4.78, 5) is 25.2. The van der Waals surface area contributed by atoms with Crippen LogP contribution < -0.4 is 9.47 Å². The lowest BCUT2D eigenvalue weighted by molar-refractivity contribution is -0.384. The van der Waals surface area contributed by atoms with Crippen molar-refractivity contribution in [1.29, 1.82) is 0 Å². The fraction of sp³-hybridized carbons (Fsp3) is 0.278. The molecule has 1 atom stereocenters. The maximum atomic E-state index is 13.0. The zero-order valence-corrected chi connectivity index (χ0v) is 16.2. The smallest absolute Gasteiger partial charge is 0.288 e. The number of thioether (sulfide) groups is 1. The van der Waals surface area contributed by atoms with Gasteiger partial charge in [0.15, 0.2) is 0 Å². The first-order chi connectivity index (χ1) is 12.9.